The number of nitrogen functional groups attached to an aromatic ring is 1. The van der Waals surface area contributed by atoms with Crippen molar-refractivity contribution in [2.24, 2.45) is 11.8 Å². The van der Waals surface area contributed by atoms with Crippen molar-refractivity contribution in [2.75, 3.05) is 31.9 Å². The first-order valence-electron chi connectivity index (χ1n) is 13.3. The van der Waals surface area contributed by atoms with Gasteiger partial charge in [0.1, 0.15) is 11.3 Å². The molecule has 0 aliphatic carbocycles. The van der Waals surface area contributed by atoms with Crippen LogP contribution in [0.5, 0.6) is 0 Å². The lowest BCUT2D eigenvalue weighted by Gasteiger charge is -2.19. The van der Waals surface area contributed by atoms with Crippen LogP contribution in [0.15, 0.2) is 85.1 Å². The summed E-state index contributed by atoms with van der Waals surface area (Å²) in [6.07, 6.45) is 4.00. The SMILES string of the molecule is N#CN1C[C@@H]2CN(Cc3ccc(-n4c(-c5cccnc5N)nc5ccc(-c6ccccc6)nc54)cc3)C[C@@H]2C1. The average molecular weight is 513 g/mol. The van der Waals surface area contributed by atoms with Gasteiger partial charge >= 0.3 is 0 Å². The zero-order chi connectivity index (χ0) is 26.3. The van der Waals surface area contributed by atoms with Crippen LogP contribution in [0, 0.1) is 23.3 Å². The van der Waals surface area contributed by atoms with E-state index >= 15 is 0 Å². The van der Waals surface area contributed by atoms with E-state index in [1.165, 1.54) is 5.56 Å². The standard InChI is InChI=1S/C31H28N8/c32-20-38-18-23-16-37(17-24(23)19-38)15-21-8-10-25(11-9-21)39-30(26-7-4-14-34-29(26)33)36-28-13-12-27(35-31(28)39)22-5-2-1-3-6-22/h1-14,23-24H,15-19H2,(H2,33,34)/t23-,24+. The lowest BCUT2D eigenvalue weighted by atomic mass is 10.0. The number of hydrogen-bond acceptors (Lipinski definition) is 7. The molecule has 2 aromatic carbocycles. The quantitative estimate of drug-likeness (QED) is 0.344. The molecule has 5 aromatic rings. The van der Waals surface area contributed by atoms with Gasteiger partial charge in [0.05, 0.1) is 11.3 Å². The molecule has 2 N–H and O–H groups in total. The van der Waals surface area contributed by atoms with Crippen LogP contribution in [-0.4, -0.2) is 55.5 Å². The first-order valence-corrected chi connectivity index (χ1v) is 13.3. The van der Waals surface area contributed by atoms with E-state index in [1.54, 1.807) is 6.20 Å². The molecular weight excluding hydrogens is 484 g/mol. The first-order chi connectivity index (χ1) is 19.2. The summed E-state index contributed by atoms with van der Waals surface area (Å²) < 4.78 is 2.08. The van der Waals surface area contributed by atoms with E-state index in [-0.39, 0.29) is 0 Å². The summed E-state index contributed by atoms with van der Waals surface area (Å²) in [6.45, 7) is 4.79. The number of benzene rings is 2. The van der Waals surface area contributed by atoms with Crippen molar-refractivity contribution in [2.45, 2.75) is 6.54 Å². The molecule has 2 atom stereocenters. The number of nitrogens with two attached hydrogens (primary N) is 1. The summed E-state index contributed by atoms with van der Waals surface area (Å²) in [5.41, 5.74) is 12.8. The Bertz CT molecular complexity index is 1670. The molecule has 0 radical (unpaired) electrons. The maximum absolute atomic E-state index is 9.21. The van der Waals surface area contributed by atoms with Crippen molar-refractivity contribution in [3.05, 3.63) is 90.6 Å². The van der Waals surface area contributed by atoms with Gasteiger partial charge in [0.2, 0.25) is 0 Å². The summed E-state index contributed by atoms with van der Waals surface area (Å²) in [4.78, 5) is 18.7. The number of hydrogen-bond donors (Lipinski definition) is 1. The van der Waals surface area contributed by atoms with Crippen molar-refractivity contribution < 1.29 is 0 Å². The van der Waals surface area contributed by atoms with Crippen LogP contribution in [0.4, 0.5) is 5.82 Å². The average Bonchev–Trinajstić information content (AvgIpc) is 3.65. The third-order valence-corrected chi connectivity index (χ3v) is 7.96. The van der Waals surface area contributed by atoms with E-state index in [9.17, 15) is 5.26 Å². The highest BCUT2D eigenvalue weighted by Crippen LogP contribution is 2.33. The normalized spacial score (nSPS) is 18.9. The van der Waals surface area contributed by atoms with Gasteiger partial charge in [0, 0.05) is 50.2 Å². The topological polar surface area (TPSA) is 99.9 Å². The van der Waals surface area contributed by atoms with E-state index in [2.05, 4.69) is 57.0 Å². The van der Waals surface area contributed by atoms with E-state index in [0.717, 1.165) is 72.2 Å². The van der Waals surface area contributed by atoms with Crippen LogP contribution < -0.4 is 5.73 Å². The molecule has 0 bridgehead atoms. The second kappa shape index (κ2) is 9.53. The van der Waals surface area contributed by atoms with Crippen LogP contribution in [0.1, 0.15) is 5.56 Å². The molecule has 2 aliphatic rings. The molecule has 0 unspecified atom stereocenters. The summed E-state index contributed by atoms with van der Waals surface area (Å²) in [5.74, 6) is 2.34. The van der Waals surface area contributed by atoms with Gasteiger partial charge in [-0.2, -0.15) is 5.26 Å². The van der Waals surface area contributed by atoms with E-state index in [1.807, 2.05) is 47.4 Å². The maximum atomic E-state index is 9.21. The molecule has 39 heavy (non-hydrogen) atoms. The summed E-state index contributed by atoms with van der Waals surface area (Å²) in [5, 5.41) is 9.21. The number of nitrogens with zero attached hydrogens (tertiary/aromatic N) is 7. The predicted octanol–water partition coefficient (Wildman–Crippen LogP) is 4.58. The van der Waals surface area contributed by atoms with E-state index in [0.29, 0.717) is 17.7 Å². The van der Waals surface area contributed by atoms with Crippen molar-refractivity contribution in [1.82, 2.24) is 29.3 Å². The van der Waals surface area contributed by atoms with Gasteiger partial charge in [-0.15, -0.1) is 0 Å². The van der Waals surface area contributed by atoms with Crippen LogP contribution >= 0.6 is 0 Å². The molecule has 192 valence electrons. The minimum Gasteiger partial charge on any atom is -0.383 e. The van der Waals surface area contributed by atoms with Crippen LogP contribution in [0.3, 0.4) is 0 Å². The summed E-state index contributed by atoms with van der Waals surface area (Å²) >= 11 is 0. The van der Waals surface area contributed by atoms with Crippen LogP contribution in [0.2, 0.25) is 0 Å². The number of aromatic nitrogens is 4. The number of likely N-dealkylation sites (tertiary alicyclic amines) is 2. The van der Waals surface area contributed by atoms with Gasteiger partial charge in [0.25, 0.3) is 0 Å². The monoisotopic (exact) mass is 512 g/mol. The fourth-order valence-corrected chi connectivity index (χ4v) is 6.07. The Morgan fingerprint density at radius 3 is 2.33 bits per heavy atom. The number of pyridine rings is 2. The molecule has 0 spiro atoms. The largest absolute Gasteiger partial charge is 0.383 e. The number of imidazole rings is 1. The van der Waals surface area contributed by atoms with Crippen molar-refractivity contribution in [3.8, 4) is 34.5 Å². The second-order valence-corrected chi connectivity index (χ2v) is 10.5. The molecule has 8 nitrogen and oxygen atoms in total. The fourth-order valence-electron chi connectivity index (χ4n) is 6.07. The highest BCUT2D eigenvalue weighted by atomic mass is 15.2. The first kappa shape index (κ1) is 23.4. The van der Waals surface area contributed by atoms with Crippen molar-refractivity contribution in [3.63, 3.8) is 0 Å². The number of anilines is 1. The minimum absolute atomic E-state index is 0.434. The summed E-state index contributed by atoms with van der Waals surface area (Å²) in [7, 11) is 0. The van der Waals surface area contributed by atoms with Gasteiger partial charge in [0.15, 0.2) is 17.7 Å². The van der Waals surface area contributed by atoms with Gasteiger partial charge in [-0.05, 0) is 53.8 Å². The van der Waals surface area contributed by atoms with Gasteiger partial charge in [-0.1, -0.05) is 42.5 Å². The second-order valence-electron chi connectivity index (χ2n) is 10.5. The lowest BCUT2D eigenvalue weighted by molar-refractivity contribution is 0.284. The highest BCUT2D eigenvalue weighted by molar-refractivity contribution is 5.84. The Hall–Kier alpha value is -4.74. The molecular formula is C31H28N8. The fraction of sp³-hybridized carbons (Fsp3) is 0.226. The Balaban J connectivity index is 1.24. The van der Waals surface area contributed by atoms with Crippen LogP contribution in [0.25, 0.3) is 39.5 Å². The highest BCUT2D eigenvalue weighted by Gasteiger charge is 2.39. The Morgan fingerprint density at radius 1 is 0.846 bits per heavy atom. The molecule has 0 amide bonds. The van der Waals surface area contributed by atoms with Crippen molar-refractivity contribution in [1.29, 1.82) is 5.26 Å². The number of fused-ring (bicyclic) bond motifs is 2. The molecule has 5 heterocycles. The molecule has 0 saturated carbocycles. The Morgan fingerprint density at radius 2 is 1.62 bits per heavy atom. The van der Waals surface area contributed by atoms with Gasteiger partial charge < -0.3 is 10.6 Å². The molecule has 3 aromatic heterocycles. The minimum atomic E-state index is 0.434. The molecule has 8 heteroatoms. The third kappa shape index (κ3) is 4.27. The lowest BCUT2D eigenvalue weighted by Crippen LogP contribution is -2.26. The number of rotatable bonds is 5. The molecule has 2 fully saturated rings. The maximum Gasteiger partial charge on any atom is 0.179 e. The molecule has 7 rings (SSSR count). The third-order valence-electron chi connectivity index (χ3n) is 7.96. The zero-order valence-electron chi connectivity index (χ0n) is 21.5. The molecule has 2 aliphatic heterocycles. The summed E-state index contributed by atoms with van der Waals surface area (Å²) in [6, 6.07) is 26.7. The van der Waals surface area contributed by atoms with Gasteiger partial charge in [-0.3, -0.25) is 9.47 Å². The Kier molecular flexibility index (Phi) is 5.71. The Labute approximate surface area is 227 Å². The van der Waals surface area contributed by atoms with E-state index < -0.39 is 0 Å². The van der Waals surface area contributed by atoms with Gasteiger partial charge in [-0.25, -0.2) is 15.0 Å². The molecule has 2 saturated heterocycles. The van der Waals surface area contributed by atoms with Crippen LogP contribution in [-0.2, 0) is 6.54 Å². The van der Waals surface area contributed by atoms with Crippen molar-refractivity contribution >= 4 is 17.0 Å². The van der Waals surface area contributed by atoms with E-state index in [4.69, 9.17) is 15.7 Å². The zero-order valence-corrected chi connectivity index (χ0v) is 21.5. The number of nitriles is 1. The smallest absolute Gasteiger partial charge is 0.179 e. The predicted molar refractivity (Wildman–Crippen MR) is 151 cm³/mol.